The van der Waals surface area contributed by atoms with Crippen LogP contribution >= 0.6 is 0 Å². The van der Waals surface area contributed by atoms with Crippen molar-refractivity contribution in [1.82, 2.24) is 0 Å². The molecule has 21 heavy (non-hydrogen) atoms. The summed E-state index contributed by atoms with van der Waals surface area (Å²) in [5.74, 6) is -0.709. The van der Waals surface area contributed by atoms with Gasteiger partial charge in [-0.05, 0) is 43.9 Å². The Morgan fingerprint density at radius 1 is 1.05 bits per heavy atom. The Hall–Kier alpha value is -1.84. The highest BCUT2D eigenvalue weighted by Gasteiger charge is 2.16. The average Bonchev–Trinajstić information content (AvgIpc) is 2.46. The molecular weight excluding hydrogens is 268 g/mol. The third-order valence-corrected chi connectivity index (χ3v) is 3.13. The van der Waals surface area contributed by atoms with Crippen LogP contribution in [0.3, 0.4) is 0 Å². The van der Waals surface area contributed by atoms with Gasteiger partial charge < -0.3 is 9.47 Å². The van der Waals surface area contributed by atoms with Crippen molar-refractivity contribution < 1.29 is 19.1 Å². The third kappa shape index (κ3) is 5.58. The molecule has 0 aliphatic carbocycles. The highest BCUT2D eigenvalue weighted by atomic mass is 16.5. The minimum atomic E-state index is -0.379. The lowest BCUT2D eigenvalue weighted by atomic mass is 9.99. The van der Waals surface area contributed by atoms with Crippen LogP contribution in [-0.2, 0) is 27.1 Å². The van der Waals surface area contributed by atoms with Gasteiger partial charge in [0.15, 0.2) is 0 Å². The zero-order valence-electron chi connectivity index (χ0n) is 13.1. The van der Waals surface area contributed by atoms with Gasteiger partial charge in [-0.3, -0.25) is 4.79 Å². The number of hydrogen-bond donors (Lipinski definition) is 0. The summed E-state index contributed by atoms with van der Waals surface area (Å²) in [5, 5.41) is 0. The number of ether oxygens (including phenoxy) is 2. The van der Waals surface area contributed by atoms with E-state index in [0.29, 0.717) is 24.3 Å². The Balaban J connectivity index is 2.98. The molecule has 0 atom stereocenters. The molecule has 0 unspecified atom stereocenters. The van der Waals surface area contributed by atoms with Gasteiger partial charge in [0, 0.05) is 0 Å². The van der Waals surface area contributed by atoms with E-state index >= 15 is 0 Å². The first-order chi connectivity index (χ1) is 10.1. The van der Waals surface area contributed by atoms with E-state index in [1.807, 2.05) is 18.2 Å². The number of esters is 2. The van der Waals surface area contributed by atoms with Crippen LogP contribution in [0.1, 0.15) is 55.1 Å². The number of rotatable bonds is 8. The van der Waals surface area contributed by atoms with Gasteiger partial charge >= 0.3 is 11.9 Å². The fourth-order valence-electron chi connectivity index (χ4n) is 2.08. The van der Waals surface area contributed by atoms with E-state index in [0.717, 1.165) is 24.8 Å². The van der Waals surface area contributed by atoms with E-state index in [1.165, 1.54) is 0 Å². The molecule has 0 aliphatic rings. The van der Waals surface area contributed by atoms with E-state index < -0.39 is 0 Å². The molecule has 0 radical (unpaired) electrons. The fraction of sp³-hybridized carbons (Fsp3) is 0.529. The maximum Gasteiger partial charge on any atom is 0.338 e. The first-order valence-electron chi connectivity index (χ1n) is 7.56. The molecule has 0 spiro atoms. The zero-order valence-corrected chi connectivity index (χ0v) is 13.1. The Morgan fingerprint density at radius 3 is 2.38 bits per heavy atom. The quantitative estimate of drug-likeness (QED) is 0.690. The lowest BCUT2D eigenvalue weighted by molar-refractivity contribution is -0.142. The van der Waals surface area contributed by atoms with Crippen LogP contribution < -0.4 is 0 Å². The monoisotopic (exact) mass is 292 g/mol. The third-order valence-electron chi connectivity index (χ3n) is 3.13. The van der Waals surface area contributed by atoms with E-state index in [-0.39, 0.29) is 18.4 Å². The SMILES string of the molecule is CCCCc1ccc(CC(=O)OCC)c(C(=O)OCC)c1. The zero-order chi connectivity index (χ0) is 15.7. The topological polar surface area (TPSA) is 52.6 Å². The van der Waals surface area contributed by atoms with Crippen molar-refractivity contribution in [1.29, 1.82) is 0 Å². The molecule has 4 nitrogen and oxygen atoms in total. The summed E-state index contributed by atoms with van der Waals surface area (Å²) in [4.78, 5) is 23.7. The number of carbonyl (C=O) groups excluding carboxylic acids is 2. The van der Waals surface area contributed by atoms with Crippen LogP contribution in [0, 0.1) is 0 Å². The molecule has 0 saturated heterocycles. The molecule has 116 valence electrons. The molecule has 1 aromatic rings. The Labute approximate surface area is 126 Å². The summed E-state index contributed by atoms with van der Waals surface area (Å²) >= 11 is 0. The lowest BCUT2D eigenvalue weighted by Crippen LogP contribution is -2.14. The second kappa shape index (κ2) is 9.16. The van der Waals surface area contributed by atoms with Crippen LogP contribution in [0.15, 0.2) is 18.2 Å². The van der Waals surface area contributed by atoms with Crippen LogP contribution in [-0.4, -0.2) is 25.2 Å². The summed E-state index contributed by atoms with van der Waals surface area (Å²) in [5.41, 5.74) is 2.22. The molecule has 0 amide bonds. The summed E-state index contributed by atoms with van der Waals surface area (Å²) in [6, 6.07) is 5.63. The van der Waals surface area contributed by atoms with Crippen molar-refractivity contribution >= 4 is 11.9 Å². The largest absolute Gasteiger partial charge is 0.466 e. The van der Waals surface area contributed by atoms with Crippen molar-refractivity contribution in [3.63, 3.8) is 0 Å². The van der Waals surface area contributed by atoms with Gasteiger partial charge in [-0.15, -0.1) is 0 Å². The van der Waals surface area contributed by atoms with E-state index in [2.05, 4.69) is 6.92 Å². The molecule has 0 aliphatic heterocycles. The van der Waals surface area contributed by atoms with Gasteiger partial charge in [-0.25, -0.2) is 4.79 Å². The predicted octanol–water partition coefficient (Wildman–Crippen LogP) is 3.31. The van der Waals surface area contributed by atoms with Gasteiger partial charge in [0.05, 0.1) is 25.2 Å². The summed E-state index contributed by atoms with van der Waals surface area (Å²) < 4.78 is 10.0. The van der Waals surface area contributed by atoms with Crippen molar-refractivity contribution in [3.8, 4) is 0 Å². The lowest BCUT2D eigenvalue weighted by Gasteiger charge is -2.11. The predicted molar refractivity (Wildman–Crippen MR) is 81.3 cm³/mol. The molecule has 0 bridgehead atoms. The summed E-state index contributed by atoms with van der Waals surface area (Å²) in [7, 11) is 0. The molecule has 1 aromatic carbocycles. The number of unbranched alkanes of at least 4 members (excludes halogenated alkanes) is 1. The van der Waals surface area contributed by atoms with E-state index in [1.54, 1.807) is 13.8 Å². The molecule has 0 N–H and O–H groups in total. The van der Waals surface area contributed by atoms with Crippen LogP contribution in [0.25, 0.3) is 0 Å². The number of hydrogen-bond acceptors (Lipinski definition) is 4. The first-order valence-corrected chi connectivity index (χ1v) is 7.56. The van der Waals surface area contributed by atoms with Crippen LogP contribution in [0.5, 0.6) is 0 Å². The van der Waals surface area contributed by atoms with Crippen molar-refractivity contribution in [3.05, 3.63) is 34.9 Å². The molecule has 0 aromatic heterocycles. The van der Waals surface area contributed by atoms with E-state index in [4.69, 9.17) is 9.47 Å². The van der Waals surface area contributed by atoms with Crippen LogP contribution in [0.2, 0.25) is 0 Å². The van der Waals surface area contributed by atoms with Gasteiger partial charge in [0.2, 0.25) is 0 Å². The maximum absolute atomic E-state index is 12.1. The molecule has 1 rings (SSSR count). The Morgan fingerprint density at radius 2 is 1.76 bits per heavy atom. The summed E-state index contributed by atoms with van der Waals surface area (Å²) in [6.07, 6.45) is 3.18. The van der Waals surface area contributed by atoms with E-state index in [9.17, 15) is 9.59 Å². The van der Waals surface area contributed by atoms with Gasteiger partial charge in [0.25, 0.3) is 0 Å². The van der Waals surface area contributed by atoms with Crippen molar-refractivity contribution in [2.75, 3.05) is 13.2 Å². The van der Waals surface area contributed by atoms with Gasteiger partial charge in [-0.2, -0.15) is 0 Å². The fourth-order valence-corrected chi connectivity index (χ4v) is 2.08. The van der Waals surface area contributed by atoms with Crippen molar-refractivity contribution in [2.45, 2.75) is 46.5 Å². The summed E-state index contributed by atoms with van der Waals surface area (Å²) in [6.45, 7) is 6.31. The standard InChI is InChI=1S/C17H24O4/c1-4-7-8-13-9-10-14(12-16(18)20-5-2)15(11-13)17(19)21-6-3/h9-11H,4-8,12H2,1-3H3. The smallest absolute Gasteiger partial charge is 0.338 e. The van der Waals surface area contributed by atoms with Crippen LogP contribution in [0.4, 0.5) is 0 Å². The van der Waals surface area contributed by atoms with Crippen molar-refractivity contribution in [2.24, 2.45) is 0 Å². The second-order valence-electron chi connectivity index (χ2n) is 4.80. The molecule has 4 heteroatoms. The van der Waals surface area contributed by atoms with Gasteiger partial charge in [-0.1, -0.05) is 25.5 Å². The number of benzene rings is 1. The first kappa shape index (κ1) is 17.2. The minimum absolute atomic E-state index is 0.0933. The molecule has 0 fully saturated rings. The minimum Gasteiger partial charge on any atom is -0.466 e. The Bertz CT molecular complexity index is 480. The Kier molecular flexibility index (Phi) is 7.51. The van der Waals surface area contributed by atoms with Gasteiger partial charge in [0.1, 0.15) is 0 Å². The molecular formula is C17H24O4. The normalized spacial score (nSPS) is 10.2. The number of carbonyl (C=O) groups is 2. The molecule has 0 saturated carbocycles. The number of aryl methyl sites for hydroxylation is 1. The highest BCUT2D eigenvalue weighted by molar-refractivity contribution is 5.92. The second-order valence-corrected chi connectivity index (χ2v) is 4.80. The molecule has 0 heterocycles. The maximum atomic E-state index is 12.1. The average molecular weight is 292 g/mol. The highest BCUT2D eigenvalue weighted by Crippen LogP contribution is 2.17.